The number of anilines is 1. The van der Waals surface area contributed by atoms with Gasteiger partial charge in [0.05, 0.1) is 4.90 Å². The lowest BCUT2D eigenvalue weighted by Crippen LogP contribution is -2.20. The predicted octanol–water partition coefficient (Wildman–Crippen LogP) is 2.78. The summed E-state index contributed by atoms with van der Waals surface area (Å²) >= 11 is 0. The van der Waals surface area contributed by atoms with Gasteiger partial charge < -0.3 is 14.5 Å². The van der Waals surface area contributed by atoms with Gasteiger partial charge in [-0.05, 0) is 49.4 Å². The van der Waals surface area contributed by atoms with Crippen LogP contribution in [0.15, 0.2) is 51.8 Å². The summed E-state index contributed by atoms with van der Waals surface area (Å²) in [6.07, 6.45) is 2.48. The van der Waals surface area contributed by atoms with E-state index in [2.05, 4.69) is 5.32 Å². The average molecular weight is 399 g/mol. The molecule has 1 amide bonds. The first-order valence-electron chi connectivity index (χ1n) is 7.52. The zero-order chi connectivity index (χ0) is 20.0. The van der Waals surface area contributed by atoms with E-state index in [1.165, 1.54) is 6.08 Å². The number of alkyl halides is 2. The fourth-order valence-electron chi connectivity index (χ4n) is 1.91. The van der Waals surface area contributed by atoms with Gasteiger partial charge in [0.1, 0.15) is 11.5 Å². The van der Waals surface area contributed by atoms with Gasteiger partial charge in [0, 0.05) is 11.8 Å². The third-order valence-corrected chi connectivity index (χ3v) is 4.59. The van der Waals surface area contributed by atoms with Crippen LogP contribution in [-0.4, -0.2) is 32.7 Å². The molecular weight excluding hydrogens is 384 g/mol. The van der Waals surface area contributed by atoms with E-state index < -0.39 is 39.0 Å². The number of benzene rings is 1. The van der Waals surface area contributed by atoms with Crippen molar-refractivity contribution in [2.75, 3.05) is 11.9 Å². The molecule has 2 rings (SSSR count). The highest BCUT2D eigenvalue weighted by atomic mass is 32.2. The monoisotopic (exact) mass is 399 g/mol. The minimum Gasteiger partial charge on any atom is -0.462 e. The number of carbonyl (C=O) groups excluding carboxylic acids is 2. The molecule has 0 fully saturated rings. The molecule has 7 nitrogen and oxygen atoms in total. The number of aryl methyl sites for hydroxylation is 1. The number of ether oxygens (including phenoxy) is 1. The van der Waals surface area contributed by atoms with Crippen LogP contribution in [0.5, 0.6) is 0 Å². The number of hydrogen-bond donors (Lipinski definition) is 1. The molecule has 1 aromatic heterocycles. The van der Waals surface area contributed by atoms with E-state index in [4.69, 9.17) is 9.15 Å². The lowest BCUT2D eigenvalue weighted by Gasteiger charge is -2.07. The Kier molecular flexibility index (Phi) is 6.45. The maximum atomic E-state index is 12.4. The zero-order valence-electron chi connectivity index (χ0n) is 14.0. The van der Waals surface area contributed by atoms with Gasteiger partial charge in [0.15, 0.2) is 6.61 Å². The molecule has 0 radical (unpaired) electrons. The molecule has 0 aliphatic carbocycles. The highest BCUT2D eigenvalue weighted by Gasteiger charge is 2.26. The number of sulfone groups is 1. The number of amides is 1. The minimum absolute atomic E-state index is 0.158. The molecule has 2 aromatic rings. The maximum Gasteiger partial charge on any atom is 0.341 e. The first-order chi connectivity index (χ1) is 12.7. The van der Waals surface area contributed by atoms with Crippen molar-refractivity contribution in [3.05, 3.63) is 54.0 Å². The van der Waals surface area contributed by atoms with Gasteiger partial charge in [-0.25, -0.2) is 13.2 Å². The SMILES string of the molecule is Cc1ccc(/C=C/C(=O)OCC(=O)Nc2ccc(S(=O)(=O)C(F)F)cc2)o1. The van der Waals surface area contributed by atoms with Crippen molar-refractivity contribution in [3.63, 3.8) is 0 Å². The van der Waals surface area contributed by atoms with E-state index in [0.29, 0.717) is 11.5 Å². The first kappa shape index (κ1) is 20.3. The van der Waals surface area contributed by atoms with Crippen LogP contribution in [0.4, 0.5) is 14.5 Å². The molecule has 1 N–H and O–H groups in total. The third-order valence-electron chi connectivity index (χ3n) is 3.19. The van der Waals surface area contributed by atoms with Crippen LogP contribution in [0, 0.1) is 6.92 Å². The minimum atomic E-state index is -4.70. The number of nitrogens with one attached hydrogen (secondary N) is 1. The van der Waals surface area contributed by atoms with E-state index in [9.17, 15) is 26.8 Å². The van der Waals surface area contributed by atoms with Crippen molar-refractivity contribution in [2.45, 2.75) is 17.6 Å². The second-order valence-corrected chi connectivity index (χ2v) is 7.19. The molecule has 0 saturated carbocycles. The van der Waals surface area contributed by atoms with E-state index >= 15 is 0 Å². The van der Waals surface area contributed by atoms with E-state index in [1.54, 1.807) is 19.1 Å². The molecule has 0 spiro atoms. The highest BCUT2D eigenvalue weighted by Crippen LogP contribution is 2.20. The van der Waals surface area contributed by atoms with Crippen LogP contribution >= 0.6 is 0 Å². The number of furan rings is 1. The number of carbonyl (C=O) groups is 2. The second-order valence-electron chi connectivity index (χ2n) is 5.27. The summed E-state index contributed by atoms with van der Waals surface area (Å²) in [5.41, 5.74) is 0.158. The van der Waals surface area contributed by atoms with Gasteiger partial charge in [0.25, 0.3) is 5.91 Å². The van der Waals surface area contributed by atoms with Crippen molar-refractivity contribution in [1.82, 2.24) is 0 Å². The molecule has 1 heterocycles. The van der Waals surface area contributed by atoms with Gasteiger partial charge in [0.2, 0.25) is 9.84 Å². The van der Waals surface area contributed by atoms with Crippen LogP contribution in [0.25, 0.3) is 6.08 Å². The first-order valence-corrected chi connectivity index (χ1v) is 9.06. The number of esters is 1. The summed E-state index contributed by atoms with van der Waals surface area (Å²) in [7, 11) is -4.70. The second kappa shape index (κ2) is 8.58. The van der Waals surface area contributed by atoms with Crippen molar-refractivity contribution < 1.29 is 35.9 Å². The van der Waals surface area contributed by atoms with Crippen LogP contribution < -0.4 is 5.32 Å². The summed E-state index contributed by atoms with van der Waals surface area (Å²) in [4.78, 5) is 22.7. The van der Waals surface area contributed by atoms with Gasteiger partial charge in [-0.2, -0.15) is 8.78 Å². The standard InChI is InChI=1S/C17H15F2NO6S/c1-11-2-5-13(26-11)6-9-16(22)25-10-15(21)20-12-3-7-14(8-4-12)27(23,24)17(18)19/h2-9,17H,10H2,1H3,(H,20,21)/b9-6+. The molecule has 0 bridgehead atoms. The Balaban J connectivity index is 1.85. The van der Waals surface area contributed by atoms with Gasteiger partial charge in [-0.15, -0.1) is 0 Å². The fraction of sp³-hybridized carbons (Fsp3) is 0.176. The van der Waals surface area contributed by atoms with Crippen molar-refractivity contribution in [3.8, 4) is 0 Å². The smallest absolute Gasteiger partial charge is 0.341 e. The third kappa shape index (κ3) is 5.74. The van der Waals surface area contributed by atoms with Crippen LogP contribution in [-0.2, 0) is 24.2 Å². The molecule has 10 heteroatoms. The Morgan fingerprint density at radius 3 is 2.41 bits per heavy atom. The molecular formula is C17H15F2NO6S. The molecule has 0 unspecified atom stereocenters. The number of halogens is 2. The Labute approximate surface area is 153 Å². The van der Waals surface area contributed by atoms with E-state index in [-0.39, 0.29) is 5.69 Å². The van der Waals surface area contributed by atoms with Gasteiger partial charge >= 0.3 is 11.7 Å². The summed E-state index contributed by atoms with van der Waals surface area (Å²) in [5.74, 6) is -3.86. The Morgan fingerprint density at radius 2 is 1.85 bits per heavy atom. The van der Waals surface area contributed by atoms with E-state index in [0.717, 1.165) is 30.3 Å². The predicted molar refractivity (Wildman–Crippen MR) is 91.7 cm³/mol. The lowest BCUT2D eigenvalue weighted by atomic mass is 10.3. The molecule has 0 atom stereocenters. The van der Waals surface area contributed by atoms with Gasteiger partial charge in [-0.1, -0.05) is 0 Å². The number of hydrogen-bond acceptors (Lipinski definition) is 6. The fourth-order valence-corrected chi connectivity index (χ4v) is 2.63. The van der Waals surface area contributed by atoms with Crippen LogP contribution in [0.1, 0.15) is 11.5 Å². The Bertz CT molecular complexity index is 948. The molecule has 27 heavy (non-hydrogen) atoms. The van der Waals surface area contributed by atoms with Crippen molar-refractivity contribution in [1.29, 1.82) is 0 Å². The average Bonchev–Trinajstić information content (AvgIpc) is 3.04. The topological polar surface area (TPSA) is 103 Å². The maximum absolute atomic E-state index is 12.4. The van der Waals surface area contributed by atoms with Gasteiger partial charge in [-0.3, -0.25) is 4.79 Å². The Morgan fingerprint density at radius 1 is 1.19 bits per heavy atom. The van der Waals surface area contributed by atoms with Crippen LogP contribution in [0.2, 0.25) is 0 Å². The molecule has 0 aliphatic rings. The van der Waals surface area contributed by atoms with E-state index in [1.807, 2.05) is 0 Å². The molecule has 144 valence electrons. The zero-order valence-corrected chi connectivity index (χ0v) is 14.8. The quantitative estimate of drug-likeness (QED) is 0.567. The lowest BCUT2D eigenvalue weighted by molar-refractivity contribution is -0.142. The van der Waals surface area contributed by atoms with Crippen molar-refractivity contribution >= 4 is 33.5 Å². The van der Waals surface area contributed by atoms with Crippen LogP contribution in [0.3, 0.4) is 0 Å². The molecule has 0 aliphatic heterocycles. The summed E-state index contributed by atoms with van der Waals surface area (Å²) in [6, 6.07) is 7.55. The number of rotatable bonds is 7. The highest BCUT2D eigenvalue weighted by molar-refractivity contribution is 7.91. The summed E-state index contributed by atoms with van der Waals surface area (Å²) < 4.78 is 57.4. The molecule has 1 aromatic carbocycles. The molecule has 0 saturated heterocycles. The van der Waals surface area contributed by atoms with Crippen molar-refractivity contribution in [2.24, 2.45) is 0 Å². The summed E-state index contributed by atoms with van der Waals surface area (Å²) in [5, 5.41) is 2.34. The Hall–Kier alpha value is -3.01. The summed E-state index contributed by atoms with van der Waals surface area (Å²) in [6.45, 7) is 1.16. The normalized spacial score (nSPS) is 11.7. The largest absolute Gasteiger partial charge is 0.462 e.